The summed E-state index contributed by atoms with van der Waals surface area (Å²) in [6.45, 7) is 0. The molecule has 0 saturated carbocycles. The van der Waals surface area contributed by atoms with Crippen LogP contribution in [0, 0.1) is 5.82 Å². The topological polar surface area (TPSA) is 84.9 Å². The molecule has 0 aliphatic carbocycles. The van der Waals surface area contributed by atoms with Crippen LogP contribution in [0.5, 0.6) is 0 Å². The van der Waals surface area contributed by atoms with Gasteiger partial charge < -0.3 is 15.2 Å². The second kappa shape index (κ2) is 5.06. The van der Waals surface area contributed by atoms with Gasteiger partial charge in [-0.3, -0.25) is 4.79 Å². The van der Waals surface area contributed by atoms with Crippen LogP contribution < -0.4 is 11.2 Å². The number of rotatable bonds is 2. The van der Waals surface area contributed by atoms with Gasteiger partial charge in [0.25, 0.3) is 0 Å². The van der Waals surface area contributed by atoms with Gasteiger partial charge in [-0.05, 0) is 6.07 Å². The van der Waals surface area contributed by atoms with Gasteiger partial charge in [-0.15, -0.1) is 0 Å². The smallest absolute Gasteiger partial charge is 0.230 e. The van der Waals surface area contributed by atoms with Crippen molar-refractivity contribution in [2.75, 3.05) is 5.73 Å². The summed E-state index contributed by atoms with van der Waals surface area (Å²) in [5.74, 6) is -0.739. The van der Waals surface area contributed by atoms with Crippen molar-refractivity contribution >= 4 is 17.5 Å². The SMILES string of the molecule is Nc1onc(-c2c[nH]ccc2=O)c1-c1cccc(Cl)c1F. The van der Waals surface area contributed by atoms with Crippen LogP contribution in [0.1, 0.15) is 0 Å². The zero-order chi connectivity index (χ0) is 15.0. The predicted octanol–water partition coefficient (Wildman–Crippen LogP) is 3.07. The molecule has 3 N–H and O–H groups in total. The van der Waals surface area contributed by atoms with E-state index in [1.165, 1.54) is 30.6 Å². The summed E-state index contributed by atoms with van der Waals surface area (Å²) in [5, 5.41) is 3.71. The Morgan fingerprint density at radius 3 is 2.86 bits per heavy atom. The first kappa shape index (κ1) is 13.4. The fourth-order valence-electron chi connectivity index (χ4n) is 2.05. The van der Waals surface area contributed by atoms with Crippen LogP contribution in [-0.2, 0) is 0 Å². The maximum atomic E-state index is 14.2. The van der Waals surface area contributed by atoms with E-state index in [0.717, 1.165) is 0 Å². The molecule has 0 amide bonds. The number of nitrogens with zero attached hydrogens (tertiary/aromatic N) is 1. The second-order valence-corrected chi connectivity index (χ2v) is 4.70. The van der Waals surface area contributed by atoms with E-state index in [1.807, 2.05) is 0 Å². The molecule has 0 fully saturated rings. The van der Waals surface area contributed by atoms with Crippen LogP contribution in [0.25, 0.3) is 22.4 Å². The molecule has 106 valence electrons. The molecule has 2 aromatic heterocycles. The Morgan fingerprint density at radius 2 is 2.10 bits per heavy atom. The van der Waals surface area contributed by atoms with Crippen molar-refractivity contribution in [3.05, 3.63) is 57.7 Å². The number of halogens is 2. The quantitative estimate of drug-likeness (QED) is 0.762. The van der Waals surface area contributed by atoms with Crippen LogP contribution in [0.4, 0.5) is 10.3 Å². The summed E-state index contributed by atoms with van der Waals surface area (Å²) >= 11 is 5.78. The standard InChI is InChI=1S/C14H9ClFN3O2/c15-9-3-1-2-7(12(9)16)11-13(19-21-14(11)17)8-6-18-5-4-10(8)20/h1-6H,17H2,(H,18,20). The lowest BCUT2D eigenvalue weighted by molar-refractivity contribution is 0.439. The first-order valence-electron chi connectivity index (χ1n) is 5.96. The average Bonchev–Trinajstić information content (AvgIpc) is 2.84. The second-order valence-electron chi connectivity index (χ2n) is 4.29. The highest BCUT2D eigenvalue weighted by Gasteiger charge is 2.22. The first-order chi connectivity index (χ1) is 10.1. The van der Waals surface area contributed by atoms with Gasteiger partial charge in [0.15, 0.2) is 5.43 Å². The minimum atomic E-state index is -0.650. The molecule has 0 radical (unpaired) electrons. The number of anilines is 1. The molecule has 0 atom stereocenters. The maximum absolute atomic E-state index is 14.2. The molecule has 0 saturated heterocycles. The molecule has 21 heavy (non-hydrogen) atoms. The summed E-state index contributed by atoms with van der Waals surface area (Å²) in [7, 11) is 0. The van der Waals surface area contributed by atoms with Gasteiger partial charge >= 0.3 is 0 Å². The van der Waals surface area contributed by atoms with Crippen molar-refractivity contribution in [2.24, 2.45) is 0 Å². The number of nitrogen functional groups attached to an aromatic ring is 1. The molecule has 0 bridgehead atoms. The van der Waals surface area contributed by atoms with E-state index < -0.39 is 5.82 Å². The van der Waals surface area contributed by atoms with E-state index in [2.05, 4.69) is 10.1 Å². The van der Waals surface area contributed by atoms with E-state index >= 15 is 0 Å². The lowest BCUT2D eigenvalue weighted by Crippen LogP contribution is -2.04. The van der Waals surface area contributed by atoms with E-state index in [0.29, 0.717) is 0 Å². The molecule has 5 nitrogen and oxygen atoms in total. The van der Waals surface area contributed by atoms with Crippen molar-refractivity contribution in [1.29, 1.82) is 0 Å². The van der Waals surface area contributed by atoms with Crippen molar-refractivity contribution in [2.45, 2.75) is 0 Å². The van der Waals surface area contributed by atoms with Crippen molar-refractivity contribution < 1.29 is 8.91 Å². The minimum absolute atomic E-state index is 0.0546. The van der Waals surface area contributed by atoms with Crippen LogP contribution in [-0.4, -0.2) is 10.1 Å². The third kappa shape index (κ3) is 2.19. The first-order valence-corrected chi connectivity index (χ1v) is 6.34. The van der Waals surface area contributed by atoms with Crippen molar-refractivity contribution in [3.63, 3.8) is 0 Å². The Morgan fingerprint density at radius 1 is 1.29 bits per heavy atom. The average molecular weight is 306 g/mol. The summed E-state index contributed by atoms with van der Waals surface area (Å²) < 4.78 is 19.1. The van der Waals surface area contributed by atoms with E-state index in [1.54, 1.807) is 6.07 Å². The lowest BCUT2D eigenvalue weighted by atomic mass is 10.0. The van der Waals surface area contributed by atoms with Gasteiger partial charge in [0.1, 0.15) is 11.5 Å². The highest BCUT2D eigenvalue weighted by molar-refractivity contribution is 6.31. The van der Waals surface area contributed by atoms with Gasteiger partial charge in [-0.25, -0.2) is 4.39 Å². The Labute approximate surface area is 123 Å². The molecule has 3 aromatic rings. The molecule has 0 unspecified atom stereocenters. The molecular formula is C14H9ClFN3O2. The molecular weight excluding hydrogens is 297 g/mol. The van der Waals surface area contributed by atoms with E-state index in [9.17, 15) is 9.18 Å². The van der Waals surface area contributed by atoms with Gasteiger partial charge in [-0.1, -0.05) is 28.9 Å². The van der Waals surface area contributed by atoms with Crippen LogP contribution in [0.3, 0.4) is 0 Å². The Hall–Kier alpha value is -2.60. The molecule has 0 aliphatic heterocycles. The summed E-state index contributed by atoms with van der Waals surface area (Å²) in [5.41, 5.74) is 6.16. The Balaban J connectivity index is 2.31. The van der Waals surface area contributed by atoms with Crippen molar-refractivity contribution in [1.82, 2.24) is 10.1 Å². The highest BCUT2D eigenvalue weighted by Crippen LogP contribution is 2.37. The molecule has 1 aromatic carbocycles. The number of aromatic amines is 1. The fraction of sp³-hybridized carbons (Fsp3) is 0. The fourth-order valence-corrected chi connectivity index (χ4v) is 2.22. The number of benzene rings is 1. The Bertz CT molecular complexity index is 873. The number of pyridine rings is 1. The number of aromatic nitrogens is 2. The highest BCUT2D eigenvalue weighted by atomic mass is 35.5. The van der Waals surface area contributed by atoms with Crippen LogP contribution in [0.15, 0.2) is 46.0 Å². The largest absolute Gasteiger partial charge is 0.367 e. The molecule has 2 heterocycles. The normalized spacial score (nSPS) is 10.8. The molecule has 7 heteroatoms. The number of nitrogens with one attached hydrogen (secondary N) is 1. The number of hydrogen-bond donors (Lipinski definition) is 2. The molecule has 0 spiro atoms. The number of hydrogen-bond acceptors (Lipinski definition) is 4. The zero-order valence-corrected chi connectivity index (χ0v) is 11.3. The van der Waals surface area contributed by atoms with Gasteiger partial charge in [0.2, 0.25) is 5.88 Å². The number of H-pyrrole nitrogens is 1. The number of nitrogens with two attached hydrogens (primary N) is 1. The van der Waals surface area contributed by atoms with Gasteiger partial charge in [0.05, 0.1) is 16.1 Å². The van der Waals surface area contributed by atoms with Crippen LogP contribution >= 0.6 is 11.6 Å². The van der Waals surface area contributed by atoms with E-state index in [4.69, 9.17) is 21.9 Å². The molecule has 3 rings (SSSR count). The minimum Gasteiger partial charge on any atom is -0.367 e. The third-order valence-corrected chi connectivity index (χ3v) is 3.31. The third-order valence-electron chi connectivity index (χ3n) is 3.02. The zero-order valence-electron chi connectivity index (χ0n) is 10.6. The Kier molecular flexibility index (Phi) is 3.23. The molecule has 0 aliphatic rings. The summed E-state index contributed by atoms with van der Waals surface area (Å²) in [4.78, 5) is 14.7. The summed E-state index contributed by atoms with van der Waals surface area (Å²) in [6, 6.07) is 5.81. The van der Waals surface area contributed by atoms with Gasteiger partial charge in [0, 0.05) is 24.0 Å². The van der Waals surface area contributed by atoms with Crippen LogP contribution in [0.2, 0.25) is 5.02 Å². The predicted molar refractivity (Wildman–Crippen MR) is 77.4 cm³/mol. The maximum Gasteiger partial charge on any atom is 0.230 e. The van der Waals surface area contributed by atoms with Crippen molar-refractivity contribution in [3.8, 4) is 22.4 Å². The van der Waals surface area contributed by atoms with E-state index in [-0.39, 0.29) is 38.7 Å². The monoisotopic (exact) mass is 305 g/mol. The lowest BCUT2D eigenvalue weighted by Gasteiger charge is -2.05. The van der Waals surface area contributed by atoms with Gasteiger partial charge in [-0.2, -0.15) is 0 Å². The summed E-state index contributed by atoms with van der Waals surface area (Å²) in [6.07, 6.45) is 2.93.